The summed E-state index contributed by atoms with van der Waals surface area (Å²) in [7, 11) is 1.28. The van der Waals surface area contributed by atoms with E-state index in [1.54, 1.807) is 0 Å². The molecule has 0 saturated carbocycles. The van der Waals surface area contributed by atoms with E-state index in [2.05, 4.69) is 15.4 Å². The maximum absolute atomic E-state index is 10.9. The zero-order valence-electron chi connectivity index (χ0n) is 8.25. The molecular formula is C8H14N2O4. The number of hydrogen-bond acceptors (Lipinski definition) is 4. The second-order valence-electron chi connectivity index (χ2n) is 2.59. The molecule has 0 aromatic rings. The van der Waals surface area contributed by atoms with E-state index in [1.165, 1.54) is 14.0 Å². The highest BCUT2D eigenvalue weighted by atomic mass is 16.5. The van der Waals surface area contributed by atoms with E-state index in [-0.39, 0.29) is 37.3 Å². The van der Waals surface area contributed by atoms with Gasteiger partial charge in [-0.3, -0.25) is 14.4 Å². The fourth-order valence-corrected chi connectivity index (χ4v) is 0.673. The summed E-state index contributed by atoms with van der Waals surface area (Å²) >= 11 is 0. The summed E-state index contributed by atoms with van der Waals surface area (Å²) in [5.74, 6) is -0.984. The molecule has 0 fully saturated rings. The zero-order chi connectivity index (χ0) is 11.0. The molecule has 2 N–H and O–H groups in total. The lowest BCUT2D eigenvalue weighted by Gasteiger charge is -2.04. The van der Waals surface area contributed by atoms with Crippen LogP contribution in [0.15, 0.2) is 0 Å². The molecule has 0 bridgehead atoms. The van der Waals surface area contributed by atoms with Crippen molar-refractivity contribution in [3.05, 3.63) is 0 Å². The van der Waals surface area contributed by atoms with Gasteiger partial charge in [0.05, 0.1) is 20.1 Å². The van der Waals surface area contributed by atoms with Crippen LogP contribution in [0.1, 0.15) is 13.3 Å². The third-order valence-corrected chi connectivity index (χ3v) is 1.38. The van der Waals surface area contributed by atoms with E-state index in [4.69, 9.17) is 0 Å². The van der Waals surface area contributed by atoms with E-state index >= 15 is 0 Å². The third-order valence-electron chi connectivity index (χ3n) is 1.38. The third kappa shape index (κ3) is 7.08. The van der Waals surface area contributed by atoms with Gasteiger partial charge in [0.2, 0.25) is 11.8 Å². The quantitative estimate of drug-likeness (QED) is 0.548. The van der Waals surface area contributed by atoms with Gasteiger partial charge in [-0.2, -0.15) is 0 Å². The summed E-state index contributed by atoms with van der Waals surface area (Å²) in [6.07, 6.45) is 0.127. The lowest BCUT2D eigenvalue weighted by atomic mass is 10.4. The number of carbonyl (C=O) groups is 3. The smallest absolute Gasteiger partial charge is 0.307 e. The molecule has 0 aromatic carbocycles. The predicted molar refractivity (Wildman–Crippen MR) is 48.3 cm³/mol. The van der Waals surface area contributed by atoms with E-state index in [0.29, 0.717) is 0 Å². The lowest BCUT2D eigenvalue weighted by Crippen LogP contribution is -2.36. The molecule has 14 heavy (non-hydrogen) atoms. The fourth-order valence-electron chi connectivity index (χ4n) is 0.673. The highest BCUT2D eigenvalue weighted by Gasteiger charge is 2.03. The Labute approximate surface area is 82.0 Å². The Morgan fingerprint density at radius 3 is 2.36 bits per heavy atom. The summed E-state index contributed by atoms with van der Waals surface area (Å²) in [5.41, 5.74) is 0. The zero-order valence-corrected chi connectivity index (χ0v) is 8.25. The molecule has 2 amide bonds. The highest BCUT2D eigenvalue weighted by Crippen LogP contribution is 1.80. The van der Waals surface area contributed by atoms with Crippen molar-refractivity contribution in [2.75, 3.05) is 20.2 Å². The van der Waals surface area contributed by atoms with Crippen molar-refractivity contribution >= 4 is 17.8 Å². The van der Waals surface area contributed by atoms with Crippen LogP contribution in [0.4, 0.5) is 0 Å². The van der Waals surface area contributed by atoms with Crippen LogP contribution in [-0.2, 0) is 19.1 Å². The molecule has 0 aromatic heterocycles. The van der Waals surface area contributed by atoms with Crippen molar-refractivity contribution in [1.29, 1.82) is 0 Å². The minimum Gasteiger partial charge on any atom is -0.469 e. The Morgan fingerprint density at radius 2 is 1.86 bits per heavy atom. The van der Waals surface area contributed by atoms with Crippen molar-refractivity contribution in [3.8, 4) is 0 Å². The molecular weight excluding hydrogens is 188 g/mol. The van der Waals surface area contributed by atoms with Crippen molar-refractivity contribution in [2.24, 2.45) is 0 Å². The van der Waals surface area contributed by atoms with Gasteiger partial charge in [0.25, 0.3) is 0 Å². The molecule has 0 heterocycles. The maximum Gasteiger partial charge on any atom is 0.307 e. The van der Waals surface area contributed by atoms with Gasteiger partial charge in [0, 0.05) is 13.5 Å². The van der Waals surface area contributed by atoms with Gasteiger partial charge < -0.3 is 15.4 Å². The number of rotatable bonds is 5. The monoisotopic (exact) mass is 202 g/mol. The standard InChI is InChI=1S/C8H14N2O4/c1-6(11)10-5-7(12)9-4-3-8(13)14-2/h3-5H2,1-2H3,(H,9,12)(H,10,11). The molecule has 0 aliphatic rings. The van der Waals surface area contributed by atoms with Gasteiger partial charge in [-0.1, -0.05) is 0 Å². The first-order valence-electron chi connectivity index (χ1n) is 4.14. The number of esters is 1. The van der Waals surface area contributed by atoms with Crippen LogP contribution >= 0.6 is 0 Å². The Bertz CT molecular complexity index is 227. The molecule has 6 heteroatoms. The Morgan fingerprint density at radius 1 is 1.21 bits per heavy atom. The number of methoxy groups -OCH3 is 1. The maximum atomic E-state index is 10.9. The average molecular weight is 202 g/mol. The molecule has 0 radical (unpaired) electrons. The largest absolute Gasteiger partial charge is 0.469 e. The first kappa shape index (κ1) is 12.4. The van der Waals surface area contributed by atoms with Crippen LogP contribution in [0.2, 0.25) is 0 Å². The Kier molecular flexibility index (Phi) is 6.09. The molecule has 0 saturated heterocycles. The summed E-state index contributed by atoms with van der Waals surface area (Å²) in [5, 5.41) is 4.78. The fraction of sp³-hybridized carbons (Fsp3) is 0.625. The number of ether oxygens (including phenoxy) is 1. The average Bonchev–Trinajstić information content (AvgIpc) is 2.14. The number of nitrogens with one attached hydrogen (secondary N) is 2. The second kappa shape index (κ2) is 6.88. The van der Waals surface area contributed by atoms with Crippen LogP contribution in [0.5, 0.6) is 0 Å². The molecule has 0 aliphatic carbocycles. The summed E-state index contributed by atoms with van der Waals surface area (Å²) in [6, 6.07) is 0. The van der Waals surface area contributed by atoms with Crippen LogP contribution in [0, 0.1) is 0 Å². The predicted octanol–water partition coefficient (Wildman–Crippen LogP) is -1.20. The van der Waals surface area contributed by atoms with E-state index in [1.807, 2.05) is 0 Å². The summed E-state index contributed by atoms with van der Waals surface area (Å²) in [4.78, 5) is 32.0. The second-order valence-corrected chi connectivity index (χ2v) is 2.59. The van der Waals surface area contributed by atoms with Gasteiger partial charge in [-0.05, 0) is 0 Å². The topological polar surface area (TPSA) is 84.5 Å². The van der Waals surface area contributed by atoms with Gasteiger partial charge in [-0.25, -0.2) is 0 Å². The SMILES string of the molecule is COC(=O)CCNC(=O)CNC(C)=O. The lowest BCUT2D eigenvalue weighted by molar-refractivity contribution is -0.140. The van der Waals surface area contributed by atoms with Crippen LogP contribution in [0.3, 0.4) is 0 Å². The van der Waals surface area contributed by atoms with Crippen LogP contribution in [-0.4, -0.2) is 38.0 Å². The van der Waals surface area contributed by atoms with Gasteiger partial charge in [-0.15, -0.1) is 0 Å². The summed E-state index contributed by atoms with van der Waals surface area (Å²) < 4.78 is 4.37. The van der Waals surface area contributed by atoms with Crippen LogP contribution in [0.25, 0.3) is 0 Å². The van der Waals surface area contributed by atoms with Crippen LogP contribution < -0.4 is 10.6 Å². The molecule has 0 atom stereocenters. The molecule has 0 rings (SSSR count). The number of hydrogen-bond donors (Lipinski definition) is 2. The molecule has 0 spiro atoms. The van der Waals surface area contributed by atoms with E-state index < -0.39 is 0 Å². The minimum atomic E-state index is -0.384. The number of carbonyl (C=O) groups excluding carboxylic acids is 3. The van der Waals surface area contributed by atoms with Gasteiger partial charge in [0.1, 0.15) is 0 Å². The normalized spacial score (nSPS) is 9.00. The molecule has 0 unspecified atom stereocenters. The van der Waals surface area contributed by atoms with Crippen molar-refractivity contribution in [2.45, 2.75) is 13.3 Å². The van der Waals surface area contributed by atoms with Crippen molar-refractivity contribution < 1.29 is 19.1 Å². The van der Waals surface area contributed by atoms with Crippen molar-refractivity contribution in [1.82, 2.24) is 10.6 Å². The molecule has 0 aliphatic heterocycles. The van der Waals surface area contributed by atoms with Crippen molar-refractivity contribution in [3.63, 3.8) is 0 Å². The first-order chi connectivity index (χ1) is 6.56. The van der Waals surface area contributed by atoms with Gasteiger partial charge in [0.15, 0.2) is 0 Å². The Hall–Kier alpha value is -1.59. The van der Waals surface area contributed by atoms with E-state index in [0.717, 1.165) is 0 Å². The molecule has 80 valence electrons. The highest BCUT2D eigenvalue weighted by molar-refractivity contribution is 5.83. The Balaban J connectivity index is 3.45. The van der Waals surface area contributed by atoms with E-state index in [9.17, 15) is 14.4 Å². The minimum absolute atomic E-state index is 0.0729. The van der Waals surface area contributed by atoms with Gasteiger partial charge >= 0.3 is 5.97 Å². The number of amides is 2. The first-order valence-corrected chi connectivity index (χ1v) is 4.14. The summed E-state index contributed by atoms with van der Waals surface area (Å²) in [6.45, 7) is 1.46. The molecule has 6 nitrogen and oxygen atoms in total.